The molecular weight excluding hydrogens is 626 g/mol. The summed E-state index contributed by atoms with van der Waals surface area (Å²) in [6, 6.07) is 25.3. The van der Waals surface area contributed by atoms with Crippen molar-refractivity contribution in [3.63, 3.8) is 0 Å². The maximum atomic E-state index is 16.4. The monoisotopic (exact) mass is 667 g/mol. The smallest absolute Gasteiger partial charge is 0.264 e. The van der Waals surface area contributed by atoms with Crippen LogP contribution in [0.2, 0.25) is 18.6 Å². The Kier molecular flexibility index (Phi) is 8.55. The molecule has 3 aliphatic rings. The molecule has 11 heteroatoms. The first-order valence-corrected chi connectivity index (χ1v) is 19.8. The summed E-state index contributed by atoms with van der Waals surface area (Å²) in [5.41, 5.74) is 2.89. The number of aromatic nitrogens is 3. The maximum absolute atomic E-state index is 16.4. The van der Waals surface area contributed by atoms with Crippen molar-refractivity contribution in [2.45, 2.75) is 75.5 Å². The zero-order valence-electron chi connectivity index (χ0n) is 27.6. The second-order valence-electron chi connectivity index (χ2n) is 13.8. The number of halogens is 1. The van der Waals surface area contributed by atoms with Crippen molar-refractivity contribution in [1.29, 1.82) is 0 Å². The molecule has 250 valence electrons. The van der Waals surface area contributed by atoms with Crippen LogP contribution in [0.3, 0.4) is 0 Å². The Morgan fingerprint density at radius 2 is 1.79 bits per heavy atom. The van der Waals surface area contributed by atoms with E-state index in [4.69, 9.17) is 4.74 Å². The molecule has 9 nitrogen and oxygen atoms in total. The molecule has 2 saturated heterocycles. The van der Waals surface area contributed by atoms with E-state index < -0.39 is 31.6 Å². The van der Waals surface area contributed by atoms with Gasteiger partial charge in [-0.25, -0.2) is 0 Å². The highest BCUT2D eigenvalue weighted by Crippen LogP contribution is 2.60. The summed E-state index contributed by atoms with van der Waals surface area (Å²) >= 11 is 0. The lowest BCUT2D eigenvalue weighted by molar-refractivity contribution is -0.146. The van der Waals surface area contributed by atoms with Gasteiger partial charge in [0.1, 0.15) is 0 Å². The Labute approximate surface area is 281 Å². The van der Waals surface area contributed by atoms with Gasteiger partial charge in [0.05, 0.1) is 36.6 Å². The highest BCUT2D eigenvalue weighted by Gasteiger charge is 2.66. The van der Waals surface area contributed by atoms with E-state index in [0.717, 1.165) is 28.9 Å². The minimum absolute atomic E-state index is 0.0609. The largest absolute Gasteiger partial charge is 0.395 e. The number of aliphatic hydroxyl groups excluding tert-OH is 1. The Bertz CT molecular complexity index is 1800. The minimum Gasteiger partial charge on any atom is -0.395 e. The van der Waals surface area contributed by atoms with Crippen LogP contribution in [0.5, 0.6) is 0 Å². The number of hydrogen-bond donors (Lipinski definition) is 1. The van der Waals surface area contributed by atoms with Crippen LogP contribution in [-0.4, -0.2) is 59.6 Å². The minimum atomic E-state index is -3.38. The molecule has 48 heavy (non-hydrogen) atoms. The third-order valence-corrected chi connectivity index (χ3v) is 12.9. The molecule has 1 N–H and O–H groups in total. The van der Waals surface area contributed by atoms with Crippen molar-refractivity contribution in [3.05, 3.63) is 107 Å². The fraction of sp³-hybridized carbons (Fsp3) is 0.405. The summed E-state index contributed by atoms with van der Waals surface area (Å²) < 4.78 is 25.1. The van der Waals surface area contributed by atoms with Crippen LogP contribution in [0, 0.1) is 5.92 Å². The van der Waals surface area contributed by atoms with Crippen LogP contribution in [0.4, 0.5) is 15.5 Å². The first kappa shape index (κ1) is 32.4. The highest BCUT2D eigenvalue weighted by atomic mass is 28.4. The number of rotatable bonds is 10. The third-order valence-electron chi connectivity index (χ3n) is 10.5. The zero-order chi connectivity index (χ0) is 33.6. The van der Waals surface area contributed by atoms with Gasteiger partial charge >= 0.3 is 0 Å². The van der Waals surface area contributed by atoms with Gasteiger partial charge in [-0.1, -0.05) is 72.8 Å². The Hall–Kier alpha value is -4.19. The van der Waals surface area contributed by atoms with Crippen molar-refractivity contribution in [1.82, 2.24) is 15.0 Å². The van der Waals surface area contributed by atoms with Gasteiger partial charge in [-0.15, -0.1) is 5.10 Å². The van der Waals surface area contributed by atoms with E-state index in [-0.39, 0.29) is 24.3 Å². The summed E-state index contributed by atoms with van der Waals surface area (Å²) in [6.07, 6.45) is 2.99. The van der Waals surface area contributed by atoms with Gasteiger partial charge in [-0.2, -0.15) is 0 Å². The highest BCUT2D eigenvalue weighted by molar-refractivity contribution is 6.72. The van der Waals surface area contributed by atoms with E-state index in [1.807, 2.05) is 92.0 Å². The Balaban J connectivity index is 1.22. The van der Waals surface area contributed by atoms with Gasteiger partial charge in [0.25, 0.3) is 5.91 Å². The summed E-state index contributed by atoms with van der Waals surface area (Å²) in [4.78, 5) is 31.1. The number of anilines is 2. The van der Waals surface area contributed by atoms with E-state index in [1.54, 1.807) is 27.6 Å². The van der Waals surface area contributed by atoms with Crippen molar-refractivity contribution in [3.8, 4) is 0 Å². The van der Waals surface area contributed by atoms with Crippen molar-refractivity contribution in [2.24, 2.45) is 5.92 Å². The predicted octanol–water partition coefficient (Wildman–Crippen LogP) is 5.94. The molecule has 2 amide bonds. The third kappa shape index (κ3) is 5.57. The predicted molar refractivity (Wildman–Crippen MR) is 184 cm³/mol. The lowest BCUT2D eigenvalue weighted by Gasteiger charge is -2.31. The molecule has 0 aliphatic carbocycles. The van der Waals surface area contributed by atoms with Gasteiger partial charge in [0.2, 0.25) is 14.3 Å². The molecular formula is C37H42FN5O4Si. The number of carbonyl (C=O) groups is 2. The first-order valence-electron chi connectivity index (χ1n) is 16.8. The lowest BCUT2D eigenvalue weighted by Crippen LogP contribution is -2.45. The molecule has 0 radical (unpaired) electrons. The second kappa shape index (κ2) is 12.7. The fourth-order valence-corrected chi connectivity index (χ4v) is 10.8. The molecule has 2 fully saturated rings. The number of aliphatic hydroxyl groups is 1. The van der Waals surface area contributed by atoms with Crippen molar-refractivity contribution >= 4 is 31.6 Å². The van der Waals surface area contributed by atoms with Crippen LogP contribution in [0.15, 0.2) is 85.1 Å². The number of hydrogen-bond acceptors (Lipinski definition) is 6. The summed E-state index contributed by atoms with van der Waals surface area (Å²) in [5, 5.41) is 18.9. The van der Waals surface area contributed by atoms with Gasteiger partial charge in [-0.05, 0) is 55.3 Å². The molecule has 0 bridgehead atoms. The Morgan fingerprint density at radius 3 is 2.46 bits per heavy atom. The van der Waals surface area contributed by atoms with E-state index >= 15 is 4.11 Å². The lowest BCUT2D eigenvalue weighted by atomic mass is 9.82. The Morgan fingerprint density at radius 1 is 1.06 bits per heavy atom. The van der Waals surface area contributed by atoms with Crippen molar-refractivity contribution < 1.29 is 23.5 Å². The van der Waals surface area contributed by atoms with Gasteiger partial charge in [-0.3, -0.25) is 14.3 Å². The number of amides is 2. The summed E-state index contributed by atoms with van der Waals surface area (Å²) in [7, 11) is -3.38. The molecule has 5 atom stereocenters. The topological polar surface area (TPSA) is 101 Å². The normalized spacial score (nSPS) is 24.6. The van der Waals surface area contributed by atoms with Crippen LogP contribution < -0.4 is 9.80 Å². The van der Waals surface area contributed by atoms with Gasteiger partial charge < -0.3 is 23.8 Å². The molecule has 3 aliphatic heterocycles. The number of nitrogens with zero attached hydrogens (tertiary/aromatic N) is 5. The number of ether oxygens (including phenoxy) is 1. The van der Waals surface area contributed by atoms with E-state index in [0.29, 0.717) is 43.7 Å². The van der Waals surface area contributed by atoms with Crippen molar-refractivity contribution in [2.75, 3.05) is 23.0 Å². The average molecular weight is 668 g/mol. The number of carbonyl (C=O) groups excluding carboxylic acids is 2. The summed E-state index contributed by atoms with van der Waals surface area (Å²) in [6.45, 7) is 6.64. The van der Waals surface area contributed by atoms with E-state index in [2.05, 4.69) is 10.3 Å². The second-order valence-corrected chi connectivity index (χ2v) is 17.6. The molecule has 1 unspecified atom stereocenters. The number of aryl methyl sites for hydroxylation is 1. The van der Waals surface area contributed by atoms with Gasteiger partial charge in [0, 0.05) is 48.4 Å². The molecule has 0 saturated carbocycles. The van der Waals surface area contributed by atoms with E-state index in [1.165, 1.54) is 0 Å². The van der Waals surface area contributed by atoms with Crippen LogP contribution in [-0.2, 0) is 33.0 Å². The number of benzene rings is 3. The fourth-order valence-electron chi connectivity index (χ4n) is 8.21. The van der Waals surface area contributed by atoms with E-state index in [9.17, 15) is 14.7 Å². The van der Waals surface area contributed by atoms with Gasteiger partial charge in [0.15, 0.2) is 5.60 Å². The molecule has 7 rings (SSSR count). The number of fused-ring (bicyclic) bond motifs is 2. The maximum Gasteiger partial charge on any atom is 0.264 e. The molecule has 1 spiro atoms. The SMILES string of the molecule is C[C@@H]1[C@@H]([Si](C)(C)F)[C@H](CCn2cc(C(CO)c3ccccc3)nn2)O[C@@]12C(=O)N(Cc1ccccc1)c1ccc(N3CCCC3=O)cc12. The van der Waals surface area contributed by atoms with Crippen LogP contribution in [0.1, 0.15) is 54.5 Å². The average Bonchev–Trinajstić information content (AvgIpc) is 3.84. The quantitative estimate of drug-likeness (QED) is 0.166. The summed E-state index contributed by atoms with van der Waals surface area (Å²) in [5.74, 6) is -0.892. The molecule has 4 heterocycles. The molecule has 4 aromatic rings. The zero-order valence-corrected chi connectivity index (χ0v) is 28.6. The van der Waals surface area contributed by atoms with Crippen LogP contribution >= 0.6 is 0 Å². The van der Waals surface area contributed by atoms with Crippen LogP contribution in [0.25, 0.3) is 0 Å². The first-order chi connectivity index (χ1) is 23.1. The molecule has 3 aromatic carbocycles. The standard InChI is InChI=1S/C37H42FN5O4Si/c1-25-35(48(2,3)38)33(18-20-41-23-31(39-40-41)29(24-44)27-13-8-5-9-14-27)47-37(25)30-21-28(42-19-10-15-34(42)45)16-17-32(30)43(36(37)46)22-26-11-6-4-7-12-26/h4-9,11-14,16-17,21,23,25,29,33,35,44H,10,15,18-20,22,24H2,1-3H3/t25-,29?,33+,35-,37+/m1/s1. The molecule has 1 aromatic heterocycles.